The number of nitro benzene ring substituents is 1. The second kappa shape index (κ2) is 4.19. The molecule has 0 aliphatic heterocycles. The normalized spacial score (nSPS) is 12.5. The summed E-state index contributed by atoms with van der Waals surface area (Å²) in [4.78, 5) is 10.3. The standard InChI is InChI=1S/C10H14N2O2/c1-3-9(11)8-5-4-6-10(7(8)2)12(13)14/h4-6,9H,3,11H2,1-2H3. The third kappa shape index (κ3) is 1.90. The molecule has 0 amide bonds. The summed E-state index contributed by atoms with van der Waals surface area (Å²) in [5.41, 5.74) is 7.52. The van der Waals surface area contributed by atoms with Gasteiger partial charge in [0, 0.05) is 17.7 Å². The first-order valence-corrected chi connectivity index (χ1v) is 4.57. The lowest BCUT2D eigenvalue weighted by Gasteiger charge is -2.11. The molecule has 2 N–H and O–H groups in total. The van der Waals surface area contributed by atoms with Crippen molar-refractivity contribution < 1.29 is 4.92 Å². The molecule has 0 aliphatic carbocycles. The number of benzene rings is 1. The van der Waals surface area contributed by atoms with Crippen LogP contribution < -0.4 is 5.73 Å². The van der Waals surface area contributed by atoms with Gasteiger partial charge in [-0.05, 0) is 18.9 Å². The summed E-state index contributed by atoms with van der Waals surface area (Å²) in [6.45, 7) is 3.70. The summed E-state index contributed by atoms with van der Waals surface area (Å²) in [7, 11) is 0. The van der Waals surface area contributed by atoms with Crippen LogP contribution in [0.5, 0.6) is 0 Å². The van der Waals surface area contributed by atoms with Crippen LogP contribution in [0.15, 0.2) is 18.2 Å². The second-order valence-corrected chi connectivity index (χ2v) is 3.26. The predicted octanol–water partition coefficient (Wildman–Crippen LogP) is 2.31. The molecular weight excluding hydrogens is 180 g/mol. The first-order chi connectivity index (χ1) is 6.57. The maximum absolute atomic E-state index is 10.6. The van der Waals surface area contributed by atoms with Crippen LogP contribution in [0.25, 0.3) is 0 Å². The number of hydrogen-bond acceptors (Lipinski definition) is 3. The molecule has 0 spiro atoms. The van der Waals surface area contributed by atoms with Crippen LogP contribution in [-0.4, -0.2) is 4.92 Å². The fourth-order valence-electron chi connectivity index (χ4n) is 1.46. The Morgan fingerprint density at radius 1 is 1.57 bits per heavy atom. The second-order valence-electron chi connectivity index (χ2n) is 3.26. The van der Waals surface area contributed by atoms with Crippen LogP contribution in [0.3, 0.4) is 0 Å². The van der Waals surface area contributed by atoms with Gasteiger partial charge in [0.2, 0.25) is 0 Å². The van der Waals surface area contributed by atoms with Crippen molar-refractivity contribution in [2.24, 2.45) is 5.73 Å². The van der Waals surface area contributed by atoms with Gasteiger partial charge in [-0.15, -0.1) is 0 Å². The SMILES string of the molecule is CCC(N)c1cccc([N+](=O)[O-])c1C. The molecule has 4 heteroatoms. The van der Waals surface area contributed by atoms with Gasteiger partial charge in [0.1, 0.15) is 0 Å². The van der Waals surface area contributed by atoms with Crippen LogP contribution in [0.1, 0.15) is 30.5 Å². The topological polar surface area (TPSA) is 69.2 Å². The molecule has 1 atom stereocenters. The minimum Gasteiger partial charge on any atom is -0.324 e. The highest BCUT2D eigenvalue weighted by atomic mass is 16.6. The zero-order valence-electron chi connectivity index (χ0n) is 8.36. The lowest BCUT2D eigenvalue weighted by atomic mass is 9.99. The first kappa shape index (κ1) is 10.7. The van der Waals surface area contributed by atoms with Crippen molar-refractivity contribution in [3.8, 4) is 0 Å². The van der Waals surface area contributed by atoms with E-state index in [0.717, 1.165) is 12.0 Å². The van der Waals surface area contributed by atoms with Crippen molar-refractivity contribution in [3.05, 3.63) is 39.4 Å². The van der Waals surface area contributed by atoms with E-state index >= 15 is 0 Å². The highest BCUT2D eigenvalue weighted by molar-refractivity contribution is 5.45. The maximum atomic E-state index is 10.6. The average molecular weight is 194 g/mol. The molecule has 76 valence electrons. The number of nitrogens with two attached hydrogens (primary N) is 1. The Bertz CT molecular complexity index is 350. The molecule has 14 heavy (non-hydrogen) atoms. The van der Waals surface area contributed by atoms with Crippen molar-refractivity contribution in [3.63, 3.8) is 0 Å². The highest BCUT2D eigenvalue weighted by Crippen LogP contribution is 2.25. The first-order valence-electron chi connectivity index (χ1n) is 4.57. The Labute approximate surface area is 82.9 Å². The van der Waals surface area contributed by atoms with Gasteiger partial charge in [-0.25, -0.2) is 0 Å². The van der Waals surface area contributed by atoms with Crippen LogP contribution in [0, 0.1) is 17.0 Å². The van der Waals surface area contributed by atoms with Gasteiger partial charge in [-0.2, -0.15) is 0 Å². The minimum absolute atomic E-state index is 0.116. The average Bonchev–Trinajstić information content (AvgIpc) is 2.16. The van der Waals surface area contributed by atoms with E-state index in [1.54, 1.807) is 13.0 Å². The van der Waals surface area contributed by atoms with Gasteiger partial charge in [0.15, 0.2) is 0 Å². The number of nitrogens with zero attached hydrogens (tertiary/aromatic N) is 1. The molecule has 1 unspecified atom stereocenters. The van der Waals surface area contributed by atoms with E-state index in [2.05, 4.69) is 0 Å². The highest BCUT2D eigenvalue weighted by Gasteiger charge is 2.15. The summed E-state index contributed by atoms with van der Waals surface area (Å²) >= 11 is 0. The molecule has 1 rings (SSSR count). The van der Waals surface area contributed by atoms with Crippen LogP contribution in [0.2, 0.25) is 0 Å². The molecule has 0 radical (unpaired) electrons. The predicted molar refractivity (Wildman–Crippen MR) is 55.1 cm³/mol. The molecule has 0 saturated carbocycles. The summed E-state index contributed by atoms with van der Waals surface area (Å²) < 4.78 is 0. The van der Waals surface area contributed by atoms with Crippen LogP contribution in [-0.2, 0) is 0 Å². The smallest absolute Gasteiger partial charge is 0.272 e. The van der Waals surface area contributed by atoms with Gasteiger partial charge in [-0.3, -0.25) is 10.1 Å². The Kier molecular flexibility index (Phi) is 3.19. The van der Waals surface area contributed by atoms with Gasteiger partial charge in [-0.1, -0.05) is 19.1 Å². The lowest BCUT2D eigenvalue weighted by molar-refractivity contribution is -0.385. The van der Waals surface area contributed by atoms with Crippen molar-refractivity contribution in [1.29, 1.82) is 0 Å². The van der Waals surface area contributed by atoms with Crippen molar-refractivity contribution >= 4 is 5.69 Å². The van der Waals surface area contributed by atoms with E-state index in [4.69, 9.17) is 5.73 Å². The van der Waals surface area contributed by atoms with E-state index in [1.807, 2.05) is 13.0 Å². The number of nitro groups is 1. The fraction of sp³-hybridized carbons (Fsp3) is 0.400. The van der Waals surface area contributed by atoms with E-state index < -0.39 is 0 Å². The van der Waals surface area contributed by atoms with E-state index in [1.165, 1.54) is 6.07 Å². The molecule has 0 bridgehead atoms. The molecule has 4 nitrogen and oxygen atoms in total. The molecule has 0 aromatic heterocycles. The molecule has 0 heterocycles. The Balaban J connectivity index is 3.20. The van der Waals surface area contributed by atoms with Crippen LogP contribution >= 0.6 is 0 Å². The molecule has 0 fully saturated rings. The van der Waals surface area contributed by atoms with Gasteiger partial charge < -0.3 is 5.73 Å². The number of hydrogen-bond donors (Lipinski definition) is 1. The summed E-state index contributed by atoms with van der Waals surface area (Å²) in [6.07, 6.45) is 0.780. The molecule has 0 aliphatic rings. The molecule has 1 aromatic rings. The third-order valence-electron chi connectivity index (χ3n) is 2.38. The van der Waals surface area contributed by atoms with Crippen molar-refractivity contribution in [1.82, 2.24) is 0 Å². The van der Waals surface area contributed by atoms with E-state index in [-0.39, 0.29) is 16.7 Å². The Hall–Kier alpha value is -1.42. The van der Waals surface area contributed by atoms with Gasteiger partial charge in [0.05, 0.1) is 4.92 Å². The lowest BCUT2D eigenvalue weighted by Crippen LogP contribution is -2.11. The zero-order valence-corrected chi connectivity index (χ0v) is 8.36. The molecular formula is C10H14N2O2. The van der Waals surface area contributed by atoms with Crippen molar-refractivity contribution in [2.75, 3.05) is 0 Å². The largest absolute Gasteiger partial charge is 0.324 e. The summed E-state index contributed by atoms with van der Waals surface area (Å²) in [5.74, 6) is 0. The Morgan fingerprint density at radius 3 is 2.71 bits per heavy atom. The molecule has 0 saturated heterocycles. The minimum atomic E-state index is -0.374. The van der Waals surface area contributed by atoms with Gasteiger partial charge >= 0.3 is 0 Å². The number of rotatable bonds is 3. The van der Waals surface area contributed by atoms with Gasteiger partial charge in [0.25, 0.3) is 5.69 Å². The van der Waals surface area contributed by atoms with Crippen LogP contribution in [0.4, 0.5) is 5.69 Å². The Morgan fingerprint density at radius 2 is 2.21 bits per heavy atom. The molecule has 1 aromatic carbocycles. The van der Waals surface area contributed by atoms with Crippen molar-refractivity contribution in [2.45, 2.75) is 26.3 Å². The van der Waals surface area contributed by atoms with E-state index in [9.17, 15) is 10.1 Å². The third-order valence-corrected chi connectivity index (χ3v) is 2.38. The fourth-order valence-corrected chi connectivity index (χ4v) is 1.46. The maximum Gasteiger partial charge on any atom is 0.272 e. The summed E-state index contributed by atoms with van der Waals surface area (Å²) in [5, 5.41) is 10.6. The zero-order chi connectivity index (χ0) is 10.7. The quantitative estimate of drug-likeness (QED) is 0.593. The van der Waals surface area contributed by atoms with E-state index in [0.29, 0.717) is 5.56 Å². The summed E-state index contributed by atoms with van der Waals surface area (Å²) in [6, 6.07) is 4.91. The monoisotopic (exact) mass is 194 g/mol.